The van der Waals surface area contributed by atoms with Gasteiger partial charge in [-0.25, -0.2) is 0 Å². The van der Waals surface area contributed by atoms with E-state index in [1.807, 2.05) is 23.1 Å². The van der Waals surface area contributed by atoms with Crippen LogP contribution in [0.15, 0.2) is 35.9 Å². The van der Waals surface area contributed by atoms with Crippen molar-refractivity contribution in [3.05, 3.63) is 35.9 Å². The van der Waals surface area contributed by atoms with Gasteiger partial charge < -0.3 is 15.1 Å². The average Bonchev–Trinajstić information content (AvgIpc) is 3.21. The second-order valence-electron chi connectivity index (χ2n) is 8.19. The maximum absolute atomic E-state index is 12.9. The van der Waals surface area contributed by atoms with Crippen LogP contribution >= 0.6 is 0 Å². The van der Waals surface area contributed by atoms with Crippen molar-refractivity contribution in [2.24, 2.45) is 0 Å². The van der Waals surface area contributed by atoms with E-state index in [9.17, 15) is 9.59 Å². The van der Waals surface area contributed by atoms with Crippen LogP contribution in [-0.4, -0.2) is 37.5 Å². The molecule has 2 heterocycles. The lowest BCUT2D eigenvalue weighted by molar-refractivity contribution is -0.125. The zero-order chi connectivity index (χ0) is 19.3. The molecule has 1 N–H and O–H groups in total. The van der Waals surface area contributed by atoms with Gasteiger partial charge in [-0.05, 0) is 57.1 Å². The number of nitrogens with one attached hydrogen (secondary N) is 1. The molecule has 28 heavy (non-hydrogen) atoms. The number of nitrogens with zero attached hydrogens (tertiary/aromatic N) is 2. The number of benzene rings is 1. The third-order valence-electron chi connectivity index (χ3n) is 6.27. The lowest BCUT2D eigenvalue weighted by atomic mass is 9.97. The van der Waals surface area contributed by atoms with Crippen LogP contribution in [0.25, 0.3) is 0 Å². The van der Waals surface area contributed by atoms with E-state index < -0.39 is 0 Å². The Labute approximate surface area is 167 Å². The highest BCUT2D eigenvalue weighted by atomic mass is 16.2. The van der Waals surface area contributed by atoms with E-state index in [0.29, 0.717) is 12.6 Å². The molecule has 150 valence electrons. The maximum Gasteiger partial charge on any atom is 0.227 e. The van der Waals surface area contributed by atoms with Crippen molar-refractivity contribution in [3.8, 4) is 0 Å². The van der Waals surface area contributed by atoms with E-state index in [-0.39, 0.29) is 24.7 Å². The summed E-state index contributed by atoms with van der Waals surface area (Å²) in [7, 11) is 0. The van der Waals surface area contributed by atoms with Crippen molar-refractivity contribution >= 4 is 23.2 Å². The summed E-state index contributed by atoms with van der Waals surface area (Å²) in [5.41, 5.74) is 3.62. The SMILES string of the molecule is O=C(CCC(=O)N1CC2CCCN2c2ccccc21)NCCC1=CCCCC1. The van der Waals surface area contributed by atoms with Crippen molar-refractivity contribution in [1.29, 1.82) is 0 Å². The van der Waals surface area contributed by atoms with Gasteiger partial charge >= 0.3 is 0 Å². The summed E-state index contributed by atoms with van der Waals surface area (Å²) >= 11 is 0. The molecule has 1 atom stereocenters. The quantitative estimate of drug-likeness (QED) is 0.763. The molecule has 2 aliphatic heterocycles. The van der Waals surface area contributed by atoms with Crippen molar-refractivity contribution < 1.29 is 9.59 Å². The number of carbonyl (C=O) groups is 2. The first-order valence-corrected chi connectivity index (χ1v) is 10.8. The molecule has 0 radical (unpaired) electrons. The van der Waals surface area contributed by atoms with Crippen molar-refractivity contribution in [3.63, 3.8) is 0 Å². The van der Waals surface area contributed by atoms with Gasteiger partial charge in [0.25, 0.3) is 0 Å². The van der Waals surface area contributed by atoms with Crippen LogP contribution in [0.1, 0.15) is 57.8 Å². The Morgan fingerprint density at radius 3 is 2.75 bits per heavy atom. The van der Waals surface area contributed by atoms with Crippen molar-refractivity contribution in [1.82, 2.24) is 5.32 Å². The van der Waals surface area contributed by atoms with Crippen molar-refractivity contribution in [2.45, 2.75) is 63.8 Å². The fourth-order valence-corrected chi connectivity index (χ4v) is 4.76. The van der Waals surface area contributed by atoms with Gasteiger partial charge in [0.05, 0.1) is 11.4 Å². The molecule has 2 amide bonds. The Bertz CT molecular complexity index is 758. The summed E-state index contributed by atoms with van der Waals surface area (Å²) < 4.78 is 0. The maximum atomic E-state index is 12.9. The largest absolute Gasteiger partial charge is 0.365 e. The second-order valence-corrected chi connectivity index (χ2v) is 8.19. The second kappa shape index (κ2) is 8.80. The third kappa shape index (κ3) is 4.23. The number of anilines is 2. The molecule has 1 unspecified atom stereocenters. The van der Waals surface area contributed by atoms with Crippen LogP contribution in [0.4, 0.5) is 11.4 Å². The van der Waals surface area contributed by atoms with E-state index >= 15 is 0 Å². The Balaban J connectivity index is 1.28. The van der Waals surface area contributed by atoms with Crippen LogP contribution in [-0.2, 0) is 9.59 Å². The summed E-state index contributed by atoms with van der Waals surface area (Å²) in [5.74, 6) is 0.0432. The standard InChI is InChI=1S/C23H31N3O2/c27-22(24-15-14-18-7-2-1-3-8-18)12-13-23(28)26-17-19-9-6-16-25(19)20-10-4-5-11-21(20)26/h4-5,7,10-11,19H,1-3,6,8-9,12-17H2,(H,24,27). The smallest absolute Gasteiger partial charge is 0.227 e. The van der Waals surface area contributed by atoms with Gasteiger partial charge in [0.1, 0.15) is 0 Å². The van der Waals surface area contributed by atoms with Crippen molar-refractivity contribution in [2.75, 3.05) is 29.4 Å². The summed E-state index contributed by atoms with van der Waals surface area (Å²) in [4.78, 5) is 29.4. The van der Waals surface area contributed by atoms with Crippen LogP contribution in [0.2, 0.25) is 0 Å². The molecule has 1 aromatic carbocycles. The van der Waals surface area contributed by atoms with Crippen LogP contribution in [0, 0.1) is 0 Å². The highest BCUT2D eigenvalue weighted by Gasteiger charge is 2.35. The number of allylic oxidation sites excluding steroid dienone is 1. The molecule has 1 aromatic rings. The molecule has 1 aliphatic carbocycles. The molecule has 1 saturated heterocycles. The lowest BCUT2D eigenvalue weighted by Gasteiger charge is -2.40. The Morgan fingerprint density at radius 1 is 1.07 bits per heavy atom. The number of carbonyl (C=O) groups excluding carboxylic acids is 2. The van der Waals surface area contributed by atoms with E-state index in [1.165, 1.54) is 37.7 Å². The van der Waals surface area contributed by atoms with Gasteiger partial charge in [-0.3, -0.25) is 9.59 Å². The van der Waals surface area contributed by atoms with E-state index in [1.54, 1.807) is 0 Å². The monoisotopic (exact) mass is 381 g/mol. The van der Waals surface area contributed by atoms with Gasteiger partial charge in [-0.1, -0.05) is 23.8 Å². The first kappa shape index (κ1) is 19.0. The first-order valence-electron chi connectivity index (χ1n) is 10.8. The number of fused-ring (bicyclic) bond motifs is 3. The number of amides is 2. The number of hydrogen-bond acceptors (Lipinski definition) is 3. The molecule has 0 bridgehead atoms. The summed E-state index contributed by atoms with van der Waals surface area (Å²) in [6, 6.07) is 8.58. The molecule has 5 nitrogen and oxygen atoms in total. The fraction of sp³-hybridized carbons (Fsp3) is 0.565. The number of rotatable bonds is 6. The van der Waals surface area contributed by atoms with E-state index in [4.69, 9.17) is 0 Å². The fourth-order valence-electron chi connectivity index (χ4n) is 4.76. The molecule has 3 aliphatic rings. The van der Waals surface area contributed by atoms with E-state index in [2.05, 4.69) is 22.4 Å². The number of hydrogen-bond donors (Lipinski definition) is 1. The molecular formula is C23H31N3O2. The predicted molar refractivity (Wildman–Crippen MR) is 113 cm³/mol. The zero-order valence-electron chi connectivity index (χ0n) is 16.7. The molecule has 5 heteroatoms. The summed E-state index contributed by atoms with van der Waals surface area (Å²) in [6.07, 6.45) is 11.0. The average molecular weight is 382 g/mol. The van der Waals surface area contributed by atoms with Gasteiger partial charge in [0.15, 0.2) is 0 Å². The minimum atomic E-state index is -0.0162. The Kier molecular flexibility index (Phi) is 5.98. The number of para-hydroxylation sites is 2. The van der Waals surface area contributed by atoms with Gasteiger partial charge in [-0.2, -0.15) is 0 Å². The molecule has 1 fully saturated rings. The minimum Gasteiger partial charge on any atom is -0.365 e. The highest BCUT2D eigenvalue weighted by molar-refractivity contribution is 5.99. The molecular weight excluding hydrogens is 350 g/mol. The summed E-state index contributed by atoms with van der Waals surface area (Å²) in [5, 5.41) is 2.99. The summed E-state index contributed by atoms with van der Waals surface area (Å²) in [6.45, 7) is 2.50. The Hall–Kier alpha value is -2.30. The predicted octanol–water partition coefficient (Wildman–Crippen LogP) is 3.79. The van der Waals surface area contributed by atoms with E-state index in [0.717, 1.165) is 37.3 Å². The normalized spacial score (nSPS) is 21.0. The molecule has 0 aromatic heterocycles. The molecule has 0 spiro atoms. The first-order chi connectivity index (χ1) is 13.7. The molecule has 0 saturated carbocycles. The molecule has 4 rings (SSSR count). The van der Waals surface area contributed by atoms with Crippen LogP contribution in [0.5, 0.6) is 0 Å². The van der Waals surface area contributed by atoms with Gasteiger partial charge in [0, 0.05) is 38.5 Å². The van der Waals surface area contributed by atoms with Gasteiger partial charge in [0.2, 0.25) is 11.8 Å². The highest BCUT2D eigenvalue weighted by Crippen LogP contribution is 2.39. The van der Waals surface area contributed by atoms with Gasteiger partial charge in [-0.15, -0.1) is 0 Å². The zero-order valence-corrected chi connectivity index (χ0v) is 16.7. The van der Waals surface area contributed by atoms with Crippen LogP contribution in [0.3, 0.4) is 0 Å². The topological polar surface area (TPSA) is 52.7 Å². The van der Waals surface area contributed by atoms with Crippen LogP contribution < -0.4 is 15.1 Å². The minimum absolute atomic E-state index is 0.0162. The third-order valence-corrected chi connectivity index (χ3v) is 6.27. The lowest BCUT2D eigenvalue weighted by Crippen LogP contribution is -2.48. The Morgan fingerprint density at radius 2 is 1.93 bits per heavy atom.